The molecule has 4 nitrogen and oxygen atoms in total. The molecule has 108 valence electrons. The molecule has 0 saturated heterocycles. The standard InChI is InChI=1S/C17H18N2O2/c1-12(13-5-3-2-4-6-13)21-14-7-8-15-16(11-14)18-10-9-17(20)19-15/h2-8,11-12,18H,9-10H2,1H3,(H,19,20). The van der Waals surface area contributed by atoms with Crippen LogP contribution < -0.4 is 15.4 Å². The summed E-state index contributed by atoms with van der Waals surface area (Å²) >= 11 is 0. The maximum absolute atomic E-state index is 11.5. The van der Waals surface area contributed by atoms with Crippen molar-refractivity contribution in [3.05, 3.63) is 54.1 Å². The summed E-state index contributed by atoms with van der Waals surface area (Å²) < 4.78 is 5.98. The summed E-state index contributed by atoms with van der Waals surface area (Å²) in [6.45, 7) is 2.66. The van der Waals surface area contributed by atoms with E-state index >= 15 is 0 Å². The summed E-state index contributed by atoms with van der Waals surface area (Å²) in [5.41, 5.74) is 2.84. The summed E-state index contributed by atoms with van der Waals surface area (Å²) in [6.07, 6.45) is 0.454. The highest BCUT2D eigenvalue weighted by Crippen LogP contribution is 2.31. The molecule has 0 bridgehead atoms. The molecule has 2 aromatic rings. The Hall–Kier alpha value is -2.49. The van der Waals surface area contributed by atoms with Gasteiger partial charge in [-0.15, -0.1) is 0 Å². The van der Waals surface area contributed by atoms with Crippen LogP contribution in [0, 0.1) is 0 Å². The zero-order valence-corrected chi connectivity index (χ0v) is 11.9. The molecule has 0 aliphatic carbocycles. The molecule has 1 heterocycles. The van der Waals surface area contributed by atoms with E-state index in [1.54, 1.807) is 0 Å². The molecule has 1 unspecified atom stereocenters. The minimum absolute atomic E-state index is 0.0235. The lowest BCUT2D eigenvalue weighted by atomic mass is 10.1. The number of fused-ring (bicyclic) bond motifs is 1. The van der Waals surface area contributed by atoms with Crippen molar-refractivity contribution >= 4 is 17.3 Å². The highest BCUT2D eigenvalue weighted by Gasteiger charge is 2.14. The Bertz CT molecular complexity index is 640. The molecule has 2 aromatic carbocycles. The van der Waals surface area contributed by atoms with Crippen molar-refractivity contribution in [3.63, 3.8) is 0 Å². The second kappa shape index (κ2) is 5.87. The number of benzene rings is 2. The number of nitrogens with one attached hydrogen (secondary N) is 2. The topological polar surface area (TPSA) is 50.4 Å². The first-order valence-electron chi connectivity index (χ1n) is 7.12. The Morgan fingerprint density at radius 3 is 2.71 bits per heavy atom. The maximum atomic E-state index is 11.5. The summed E-state index contributed by atoms with van der Waals surface area (Å²) in [4.78, 5) is 11.5. The summed E-state index contributed by atoms with van der Waals surface area (Å²) in [7, 11) is 0. The average molecular weight is 282 g/mol. The molecule has 21 heavy (non-hydrogen) atoms. The van der Waals surface area contributed by atoms with Gasteiger partial charge in [0.2, 0.25) is 5.91 Å². The van der Waals surface area contributed by atoms with Crippen LogP contribution in [0.15, 0.2) is 48.5 Å². The Kier molecular flexibility index (Phi) is 3.77. The molecule has 3 rings (SSSR count). The van der Waals surface area contributed by atoms with Crippen molar-refractivity contribution in [1.82, 2.24) is 0 Å². The number of amides is 1. The van der Waals surface area contributed by atoms with Crippen LogP contribution in [0.5, 0.6) is 5.75 Å². The Morgan fingerprint density at radius 2 is 1.90 bits per heavy atom. The van der Waals surface area contributed by atoms with Crippen LogP contribution in [-0.2, 0) is 4.79 Å². The van der Waals surface area contributed by atoms with Gasteiger partial charge in [0.05, 0.1) is 11.4 Å². The van der Waals surface area contributed by atoms with Crippen LogP contribution in [0.3, 0.4) is 0 Å². The predicted octanol–water partition coefficient (Wildman–Crippen LogP) is 3.58. The lowest BCUT2D eigenvalue weighted by molar-refractivity contribution is -0.115. The molecular weight excluding hydrogens is 264 g/mol. The summed E-state index contributed by atoms with van der Waals surface area (Å²) in [5.74, 6) is 0.821. The maximum Gasteiger partial charge on any atom is 0.226 e. The Balaban J connectivity index is 1.78. The molecule has 0 fully saturated rings. The molecule has 0 aromatic heterocycles. The zero-order valence-electron chi connectivity index (χ0n) is 11.9. The van der Waals surface area contributed by atoms with Gasteiger partial charge >= 0.3 is 0 Å². The highest BCUT2D eigenvalue weighted by atomic mass is 16.5. The zero-order chi connectivity index (χ0) is 14.7. The van der Waals surface area contributed by atoms with Gasteiger partial charge < -0.3 is 15.4 Å². The van der Waals surface area contributed by atoms with Crippen LogP contribution in [0.1, 0.15) is 25.0 Å². The van der Waals surface area contributed by atoms with E-state index in [1.165, 1.54) is 0 Å². The SMILES string of the molecule is CC(Oc1ccc2c(c1)NCCC(=O)N2)c1ccccc1. The number of hydrogen-bond acceptors (Lipinski definition) is 3. The van der Waals surface area contributed by atoms with Gasteiger partial charge in [-0.3, -0.25) is 4.79 Å². The van der Waals surface area contributed by atoms with Crippen LogP contribution >= 0.6 is 0 Å². The second-order valence-corrected chi connectivity index (χ2v) is 5.10. The number of rotatable bonds is 3. The molecule has 1 amide bonds. The molecule has 0 saturated carbocycles. The van der Waals surface area contributed by atoms with E-state index in [9.17, 15) is 4.79 Å². The molecule has 1 atom stereocenters. The molecule has 0 radical (unpaired) electrons. The van der Waals surface area contributed by atoms with Gasteiger partial charge in [0, 0.05) is 19.0 Å². The third-order valence-electron chi connectivity index (χ3n) is 3.51. The van der Waals surface area contributed by atoms with E-state index in [4.69, 9.17) is 4.74 Å². The van der Waals surface area contributed by atoms with Gasteiger partial charge in [0.1, 0.15) is 11.9 Å². The summed E-state index contributed by atoms with van der Waals surface area (Å²) in [6, 6.07) is 15.8. The van der Waals surface area contributed by atoms with Crippen molar-refractivity contribution in [1.29, 1.82) is 0 Å². The van der Waals surface area contributed by atoms with Crippen molar-refractivity contribution in [2.45, 2.75) is 19.4 Å². The van der Waals surface area contributed by atoms with Crippen molar-refractivity contribution in [2.75, 3.05) is 17.2 Å². The predicted molar refractivity (Wildman–Crippen MR) is 83.7 cm³/mol. The third kappa shape index (κ3) is 3.16. The van der Waals surface area contributed by atoms with E-state index in [-0.39, 0.29) is 12.0 Å². The van der Waals surface area contributed by atoms with E-state index < -0.39 is 0 Å². The minimum atomic E-state index is -0.0235. The first kappa shape index (κ1) is 13.5. The molecule has 2 N–H and O–H groups in total. The fourth-order valence-electron chi connectivity index (χ4n) is 2.37. The quantitative estimate of drug-likeness (QED) is 0.904. The number of anilines is 2. The fraction of sp³-hybridized carbons (Fsp3) is 0.235. The molecule has 1 aliphatic heterocycles. The van der Waals surface area contributed by atoms with E-state index in [0.29, 0.717) is 13.0 Å². The van der Waals surface area contributed by atoms with Crippen LogP contribution in [0.4, 0.5) is 11.4 Å². The normalized spacial score (nSPS) is 15.2. The first-order valence-corrected chi connectivity index (χ1v) is 7.12. The van der Waals surface area contributed by atoms with E-state index in [2.05, 4.69) is 10.6 Å². The van der Waals surface area contributed by atoms with Crippen molar-refractivity contribution in [3.8, 4) is 5.75 Å². The van der Waals surface area contributed by atoms with E-state index in [0.717, 1.165) is 22.7 Å². The molecule has 4 heteroatoms. The van der Waals surface area contributed by atoms with Crippen LogP contribution in [0.2, 0.25) is 0 Å². The van der Waals surface area contributed by atoms with Gasteiger partial charge in [-0.25, -0.2) is 0 Å². The van der Waals surface area contributed by atoms with Gasteiger partial charge in [-0.1, -0.05) is 30.3 Å². The monoisotopic (exact) mass is 282 g/mol. The molecule has 0 spiro atoms. The summed E-state index contributed by atoms with van der Waals surface area (Å²) in [5, 5.41) is 6.12. The minimum Gasteiger partial charge on any atom is -0.486 e. The van der Waals surface area contributed by atoms with Gasteiger partial charge in [-0.05, 0) is 24.6 Å². The molecule has 1 aliphatic rings. The van der Waals surface area contributed by atoms with Gasteiger partial charge in [0.25, 0.3) is 0 Å². The third-order valence-corrected chi connectivity index (χ3v) is 3.51. The molecular formula is C17H18N2O2. The van der Waals surface area contributed by atoms with E-state index in [1.807, 2.05) is 55.5 Å². The Morgan fingerprint density at radius 1 is 1.10 bits per heavy atom. The average Bonchev–Trinajstić information content (AvgIpc) is 2.68. The lowest BCUT2D eigenvalue weighted by Crippen LogP contribution is -2.10. The first-order chi connectivity index (χ1) is 10.2. The van der Waals surface area contributed by atoms with Gasteiger partial charge in [-0.2, -0.15) is 0 Å². The number of carbonyl (C=O) groups is 1. The van der Waals surface area contributed by atoms with Crippen LogP contribution in [-0.4, -0.2) is 12.5 Å². The number of carbonyl (C=O) groups excluding carboxylic acids is 1. The fourth-order valence-corrected chi connectivity index (χ4v) is 2.37. The second-order valence-electron chi connectivity index (χ2n) is 5.10. The Labute approximate surface area is 124 Å². The lowest BCUT2D eigenvalue weighted by Gasteiger charge is -2.17. The highest BCUT2D eigenvalue weighted by molar-refractivity contribution is 5.96. The number of ether oxygens (including phenoxy) is 1. The van der Waals surface area contributed by atoms with Crippen molar-refractivity contribution in [2.24, 2.45) is 0 Å². The van der Waals surface area contributed by atoms with Crippen molar-refractivity contribution < 1.29 is 9.53 Å². The van der Waals surface area contributed by atoms with Gasteiger partial charge in [0.15, 0.2) is 0 Å². The smallest absolute Gasteiger partial charge is 0.226 e. The van der Waals surface area contributed by atoms with Crippen LogP contribution in [0.25, 0.3) is 0 Å². The number of hydrogen-bond donors (Lipinski definition) is 2. The largest absolute Gasteiger partial charge is 0.486 e.